The number of anilines is 1. The van der Waals surface area contributed by atoms with Crippen LogP contribution < -0.4 is 16.2 Å². The van der Waals surface area contributed by atoms with E-state index in [1.165, 1.54) is 12.1 Å². The third kappa shape index (κ3) is 4.44. The smallest absolute Gasteiger partial charge is 0.242 e. The molecule has 1 aliphatic heterocycles. The Morgan fingerprint density at radius 3 is 2.85 bits per heavy atom. The summed E-state index contributed by atoms with van der Waals surface area (Å²) in [6.45, 7) is 2.07. The Bertz CT molecular complexity index is 1280. The summed E-state index contributed by atoms with van der Waals surface area (Å²) < 4.78 is 25.8. The van der Waals surface area contributed by atoms with Gasteiger partial charge in [-0.1, -0.05) is 29.3 Å². The molecular weight excluding hydrogens is 486 g/mol. The van der Waals surface area contributed by atoms with Gasteiger partial charge in [0.2, 0.25) is 11.7 Å². The lowest BCUT2D eigenvalue weighted by Gasteiger charge is -2.28. The van der Waals surface area contributed by atoms with Crippen molar-refractivity contribution in [2.24, 2.45) is 5.73 Å². The second-order valence-electron chi connectivity index (χ2n) is 7.93. The largest absolute Gasteiger partial charge is 0.478 e. The maximum Gasteiger partial charge on any atom is 0.242 e. The summed E-state index contributed by atoms with van der Waals surface area (Å²) in [6.07, 6.45) is 4.88. The van der Waals surface area contributed by atoms with Gasteiger partial charge in [-0.05, 0) is 31.1 Å². The van der Waals surface area contributed by atoms with Gasteiger partial charge in [0.1, 0.15) is 18.0 Å². The van der Waals surface area contributed by atoms with Gasteiger partial charge in [-0.25, -0.2) is 9.37 Å². The molecule has 1 aliphatic rings. The zero-order valence-corrected chi connectivity index (χ0v) is 19.7. The van der Waals surface area contributed by atoms with E-state index in [-0.39, 0.29) is 33.1 Å². The van der Waals surface area contributed by atoms with Crippen molar-refractivity contribution in [1.82, 2.24) is 9.88 Å². The minimum Gasteiger partial charge on any atom is -0.478 e. The number of aliphatic hydroxyl groups excluding tert-OH is 1. The predicted molar refractivity (Wildman–Crippen MR) is 128 cm³/mol. The predicted octanol–water partition coefficient (Wildman–Crippen LogP) is 3.93. The molecule has 11 heteroatoms. The monoisotopic (exact) mass is 508 g/mol. The number of hydrogen-bond acceptors (Lipinski definition) is 7. The number of nitrogens with two attached hydrogens (primary N) is 2. The van der Waals surface area contributed by atoms with Gasteiger partial charge < -0.3 is 30.6 Å². The van der Waals surface area contributed by atoms with E-state index >= 15 is 0 Å². The SMILES string of the molecule is CC(Oc1c(N)ncc2c(C3=CCN(C(=O)C(N)CO)CC3)coc12)c1c(Cl)ccc(F)c1Cl. The summed E-state index contributed by atoms with van der Waals surface area (Å²) in [7, 11) is 0. The Labute approximate surface area is 204 Å². The van der Waals surface area contributed by atoms with Crippen molar-refractivity contribution in [3.8, 4) is 5.75 Å². The number of carbonyl (C=O) groups is 1. The number of aromatic nitrogens is 1. The molecule has 0 spiro atoms. The quantitative estimate of drug-likeness (QED) is 0.430. The minimum absolute atomic E-state index is 0.0938. The average Bonchev–Trinajstić information content (AvgIpc) is 3.27. The van der Waals surface area contributed by atoms with Crippen LogP contribution in [0.25, 0.3) is 16.5 Å². The molecule has 1 amide bonds. The topological polar surface area (TPSA) is 128 Å². The number of benzene rings is 1. The molecule has 3 aromatic rings. The van der Waals surface area contributed by atoms with E-state index in [0.29, 0.717) is 30.5 Å². The fourth-order valence-electron chi connectivity index (χ4n) is 3.92. The third-order valence-corrected chi connectivity index (χ3v) is 6.48. The van der Waals surface area contributed by atoms with Crippen molar-refractivity contribution < 1.29 is 23.4 Å². The van der Waals surface area contributed by atoms with Crippen molar-refractivity contribution in [2.45, 2.75) is 25.5 Å². The molecular formula is C23H23Cl2FN4O4. The molecule has 0 radical (unpaired) electrons. The van der Waals surface area contributed by atoms with Crippen LogP contribution in [0.3, 0.4) is 0 Å². The molecule has 0 saturated heterocycles. The van der Waals surface area contributed by atoms with E-state index in [0.717, 1.165) is 11.1 Å². The molecule has 2 atom stereocenters. The van der Waals surface area contributed by atoms with E-state index in [1.54, 1.807) is 24.3 Å². The molecule has 0 saturated carbocycles. The van der Waals surface area contributed by atoms with Crippen LogP contribution in [0.1, 0.15) is 30.6 Å². The molecule has 1 aromatic carbocycles. The van der Waals surface area contributed by atoms with E-state index in [2.05, 4.69) is 4.98 Å². The first-order chi connectivity index (χ1) is 16.2. The first-order valence-electron chi connectivity index (χ1n) is 10.5. The molecule has 2 aromatic heterocycles. The fourth-order valence-corrected chi connectivity index (χ4v) is 4.60. The molecule has 0 fully saturated rings. The number of hydrogen-bond donors (Lipinski definition) is 3. The number of nitrogens with zero attached hydrogens (tertiary/aromatic N) is 2. The summed E-state index contributed by atoms with van der Waals surface area (Å²) in [5.41, 5.74) is 14.1. The number of furan rings is 1. The number of aliphatic hydroxyl groups is 1. The highest BCUT2D eigenvalue weighted by atomic mass is 35.5. The molecule has 8 nitrogen and oxygen atoms in total. The van der Waals surface area contributed by atoms with Crippen molar-refractivity contribution >= 4 is 51.5 Å². The van der Waals surface area contributed by atoms with Crippen molar-refractivity contribution in [3.05, 3.63) is 57.7 Å². The van der Waals surface area contributed by atoms with Crippen molar-refractivity contribution in [2.75, 3.05) is 25.4 Å². The van der Waals surface area contributed by atoms with Gasteiger partial charge in [-0.15, -0.1) is 0 Å². The normalized spacial score (nSPS) is 15.8. The number of carbonyl (C=O) groups excluding carboxylic acids is 1. The van der Waals surface area contributed by atoms with E-state index in [4.69, 9.17) is 48.9 Å². The van der Waals surface area contributed by atoms with E-state index in [9.17, 15) is 9.18 Å². The van der Waals surface area contributed by atoms with Crippen LogP contribution in [0.4, 0.5) is 10.2 Å². The highest BCUT2D eigenvalue weighted by Gasteiger charge is 2.26. The zero-order chi connectivity index (χ0) is 24.6. The van der Waals surface area contributed by atoms with Crippen LogP contribution in [0, 0.1) is 5.82 Å². The van der Waals surface area contributed by atoms with Crippen LogP contribution >= 0.6 is 23.2 Å². The first-order valence-corrected chi connectivity index (χ1v) is 11.3. The van der Waals surface area contributed by atoms with Crippen molar-refractivity contribution in [1.29, 1.82) is 0 Å². The number of rotatable bonds is 6. The molecule has 2 unspecified atom stereocenters. The number of fused-ring (bicyclic) bond motifs is 1. The number of pyridine rings is 1. The second-order valence-corrected chi connectivity index (χ2v) is 8.72. The zero-order valence-electron chi connectivity index (χ0n) is 18.2. The number of nitrogen functional groups attached to an aromatic ring is 1. The summed E-state index contributed by atoms with van der Waals surface area (Å²) in [5, 5.41) is 9.91. The molecule has 34 heavy (non-hydrogen) atoms. The van der Waals surface area contributed by atoms with Crippen LogP contribution in [-0.4, -0.2) is 46.6 Å². The molecule has 5 N–H and O–H groups in total. The first kappa shape index (κ1) is 24.3. The van der Waals surface area contributed by atoms with Gasteiger partial charge in [0.25, 0.3) is 0 Å². The Hall–Kier alpha value is -2.85. The van der Waals surface area contributed by atoms with Gasteiger partial charge in [0, 0.05) is 35.4 Å². The summed E-state index contributed by atoms with van der Waals surface area (Å²) in [4.78, 5) is 18.0. The Morgan fingerprint density at radius 1 is 1.41 bits per heavy atom. The molecule has 0 bridgehead atoms. The lowest BCUT2D eigenvalue weighted by molar-refractivity contribution is -0.133. The third-order valence-electron chi connectivity index (χ3n) is 5.76. The standard InChI is InChI=1S/C23H23Cl2FN4O4/c1-11(18-15(24)2-3-16(26)19(18)25)34-21-20-13(8-29-22(21)28)14(10-33-20)12-4-6-30(7-5-12)23(32)17(27)9-31/h2-4,8,10-11,17,31H,5-7,9,27H2,1H3,(H2,28,29). The average molecular weight is 509 g/mol. The lowest BCUT2D eigenvalue weighted by Crippen LogP contribution is -2.47. The Morgan fingerprint density at radius 2 is 2.18 bits per heavy atom. The van der Waals surface area contributed by atoms with Crippen molar-refractivity contribution in [3.63, 3.8) is 0 Å². The summed E-state index contributed by atoms with van der Waals surface area (Å²) in [5.74, 6) is -0.632. The second kappa shape index (κ2) is 9.79. The van der Waals surface area contributed by atoms with Crippen LogP contribution in [0.5, 0.6) is 5.75 Å². The molecule has 0 aliphatic carbocycles. The molecule has 3 heterocycles. The number of ether oxygens (including phenoxy) is 1. The minimum atomic E-state index is -0.932. The lowest BCUT2D eigenvalue weighted by atomic mass is 9.99. The van der Waals surface area contributed by atoms with Crippen LogP contribution in [-0.2, 0) is 4.79 Å². The van der Waals surface area contributed by atoms with Gasteiger partial charge in [0.15, 0.2) is 11.4 Å². The van der Waals surface area contributed by atoms with Gasteiger partial charge in [-0.2, -0.15) is 0 Å². The summed E-state index contributed by atoms with van der Waals surface area (Å²) in [6, 6.07) is 1.65. The van der Waals surface area contributed by atoms with Crippen LogP contribution in [0.2, 0.25) is 10.0 Å². The maximum absolute atomic E-state index is 14.0. The number of amides is 1. The Kier molecular flexibility index (Phi) is 6.99. The maximum atomic E-state index is 14.0. The fraction of sp³-hybridized carbons (Fsp3) is 0.304. The van der Waals surface area contributed by atoms with Gasteiger partial charge in [-0.3, -0.25) is 4.79 Å². The number of halogens is 3. The van der Waals surface area contributed by atoms with Crippen LogP contribution in [0.15, 0.2) is 35.1 Å². The van der Waals surface area contributed by atoms with Gasteiger partial charge >= 0.3 is 0 Å². The highest BCUT2D eigenvalue weighted by Crippen LogP contribution is 2.41. The molecule has 4 rings (SSSR count). The van der Waals surface area contributed by atoms with E-state index in [1.807, 2.05) is 6.08 Å². The summed E-state index contributed by atoms with van der Waals surface area (Å²) >= 11 is 12.3. The van der Waals surface area contributed by atoms with Gasteiger partial charge in [0.05, 0.1) is 23.3 Å². The van der Waals surface area contributed by atoms with E-state index < -0.39 is 24.6 Å². The Balaban J connectivity index is 1.63. The molecule has 180 valence electrons. The highest BCUT2D eigenvalue weighted by molar-refractivity contribution is 6.36.